The molecule has 3 aromatic rings. The number of benzene rings is 2. The molecule has 0 aliphatic carbocycles. The van der Waals surface area contributed by atoms with Crippen molar-refractivity contribution in [1.82, 2.24) is 9.55 Å². The predicted octanol–water partition coefficient (Wildman–Crippen LogP) is 5.02. The van der Waals surface area contributed by atoms with Crippen LogP contribution in [0.25, 0.3) is 11.0 Å². The number of rotatable bonds is 2. The number of nitrogens with zero attached hydrogens (tertiary/aromatic N) is 2. The third-order valence-electron chi connectivity index (χ3n) is 3.47. The fraction of sp³-hybridized carbons (Fsp3) is 0.263. The van der Waals surface area contributed by atoms with Crippen molar-refractivity contribution in [1.29, 1.82) is 0 Å². The van der Waals surface area contributed by atoms with Crippen molar-refractivity contribution in [2.75, 3.05) is 7.05 Å². The van der Waals surface area contributed by atoms with Crippen LogP contribution in [0, 0.1) is 0 Å². The molecule has 0 fully saturated rings. The number of hydrogen-bond donors (Lipinski definition) is 1. The first kappa shape index (κ1) is 21.4. The van der Waals surface area contributed by atoms with Gasteiger partial charge in [-0.15, -0.1) is 0 Å². The zero-order chi connectivity index (χ0) is 19.0. The fourth-order valence-electron chi connectivity index (χ4n) is 2.42. The lowest BCUT2D eigenvalue weighted by Gasteiger charge is -2.18. The normalized spacial score (nSPS) is 11.0. The van der Waals surface area contributed by atoms with Gasteiger partial charge in [0.15, 0.2) is 0 Å². The second-order valence-electron chi connectivity index (χ2n) is 4.83. The van der Waals surface area contributed by atoms with Gasteiger partial charge in [0.2, 0.25) is 0 Å². The fourth-order valence-corrected chi connectivity index (χ4v) is 2.97. The van der Waals surface area contributed by atoms with Crippen LogP contribution in [-0.4, -0.2) is 16.6 Å². The van der Waals surface area contributed by atoms with Gasteiger partial charge in [-0.3, -0.25) is 9.36 Å². The van der Waals surface area contributed by atoms with E-state index in [0.29, 0.717) is 5.02 Å². The smallest absolute Gasteiger partial charge is 0.270 e. The van der Waals surface area contributed by atoms with Gasteiger partial charge in [-0.25, -0.2) is 4.98 Å². The molecule has 6 heteroatoms. The van der Waals surface area contributed by atoms with Gasteiger partial charge in [0, 0.05) is 9.50 Å². The minimum absolute atomic E-state index is 0.129. The molecular weight excluding hydrogens is 402 g/mol. The second kappa shape index (κ2) is 10.3. The van der Waals surface area contributed by atoms with Crippen molar-refractivity contribution in [3.63, 3.8) is 0 Å². The highest BCUT2D eigenvalue weighted by Crippen LogP contribution is 2.24. The molecular formula is C19H23BrClN3O. The van der Waals surface area contributed by atoms with E-state index in [2.05, 4.69) is 26.6 Å². The summed E-state index contributed by atoms with van der Waals surface area (Å²) in [6.07, 6.45) is 1.36. The summed E-state index contributed by atoms with van der Waals surface area (Å²) in [7, 11) is 1.50. The molecule has 2 N–H and O–H groups in total. The molecule has 0 bridgehead atoms. The highest BCUT2D eigenvalue weighted by Gasteiger charge is 2.13. The summed E-state index contributed by atoms with van der Waals surface area (Å²) in [6, 6.07) is 13.1. The van der Waals surface area contributed by atoms with Crippen molar-refractivity contribution < 1.29 is 0 Å². The summed E-state index contributed by atoms with van der Waals surface area (Å²) >= 11 is 9.50. The predicted molar refractivity (Wildman–Crippen MR) is 110 cm³/mol. The molecule has 0 amide bonds. The summed E-state index contributed by atoms with van der Waals surface area (Å²) in [5, 5.41) is 0.659. The maximum Gasteiger partial charge on any atom is 0.270 e. The summed E-state index contributed by atoms with van der Waals surface area (Å²) < 4.78 is 2.65. The van der Waals surface area contributed by atoms with Crippen LogP contribution < -0.4 is 11.3 Å². The minimum atomic E-state index is -0.131. The van der Waals surface area contributed by atoms with Gasteiger partial charge >= 0.3 is 0 Å². The number of fused-ring (bicyclic) bond motifs is 1. The van der Waals surface area contributed by atoms with Crippen LogP contribution in [0.3, 0.4) is 0 Å². The number of hydrogen-bond acceptors (Lipinski definition) is 3. The summed E-state index contributed by atoms with van der Waals surface area (Å²) in [4.78, 5) is 16.5. The quantitative estimate of drug-likeness (QED) is 0.628. The third-order valence-corrected chi connectivity index (χ3v) is 4.20. The van der Waals surface area contributed by atoms with Gasteiger partial charge in [-0.2, -0.15) is 0 Å². The van der Waals surface area contributed by atoms with Gasteiger partial charge < -0.3 is 5.73 Å². The Balaban J connectivity index is 0.000000730. The van der Waals surface area contributed by atoms with Gasteiger partial charge in [0.05, 0.1) is 23.3 Å². The molecule has 1 heterocycles. The summed E-state index contributed by atoms with van der Waals surface area (Å²) in [6.45, 7) is 5.98. The summed E-state index contributed by atoms with van der Waals surface area (Å²) in [5.74, 6) is 0. The standard InChI is InChI=1S/C16H12BrClN2O.C2H6.CH5N/c1-10(11-3-2-4-13(18)7-11)20-15-8-12(17)5-6-14(15)19-9-16(20)21;2*1-2/h2-10H,1H3;1-2H3;2H2,1H3. The Morgan fingerprint density at radius 2 is 1.84 bits per heavy atom. The van der Waals surface area contributed by atoms with Crippen molar-refractivity contribution in [2.45, 2.75) is 26.8 Å². The van der Waals surface area contributed by atoms with Gasteiger partial charge in [-0.1, -0.05) is 53.5 Å². The Labute approximate surface area is 161 Å². The Kier molecular flexibility index (Phi) is 8.83. The van der Waals surface area contributed by atoms with Gasteiger partial charge in [-0.05, 0) is 49.9 Å². The number of aromatic nitrogens is 2. The van der Waals surface area contributed by atoms with Gasteiger partial charge in [0.25, 0.3) is 5.56 Å². The zero-order valence-electron chi connectivity index (χ0n) is 14.8. The Morgan fingerprint density at radius 3 is 2.48 bits per heavy atom. The number of nitrogens with two attached hydrogens (primary N) is 1. The topological polar surface area (TPSA) is 60.9 Å². The zero-order valence-corrected chi connectivity index (χ0v) is 17.2. The highest BCUT2D eigenvalue weighted by atomic mass is 79.9. The van der Waals surface area contributed by atoms with Crippen LogP contribution in [0.4, 0.5) is 0 Å². The van der Waals surface area contributed by atoms with Crippen molar-refractivity contribution >= 4 is 38.6 Å². The molecule has 3 rings (SSSR count). The molecule has 2 aromatic carbocycles. The van der Waals surface area contributed by atoms with E-state index in [9.17, 15) is 4.79 Å². The van der Waals surface area contributed by atoms with Crippen molar-refractivity contribution in [2.24, 2.45) is 5.73 Å². The van der Waals surface area contributed by atoms with E-state index < -0.39 is 0 Å². The number of halogens is 2. The molecule has 0 radical (unpaired) electrons. The molecule has 0 aliphatic rings. The van der Waals surface area contributed by atoms with E-state index in [-0.39, 0.29) is 11.6 Å². The lowest BCUT2D eigenvalue weighted by molar-refractivity contribution is 0.635. The first-order valence-corrected chi connectivity index (χ1v) is 9.23. The van der Waals surface area contributed by atoms with Crippen LogP contribution >= 0.6 is 27.5 Å². The lowest BCUT2D eigenvalue weighted by Crippen LogP contribution is -2.24. The van der Waals surface area contributed by atoms with Crippen molar-refractivity contribution in [3.8, 4) is 0 Å². The Morgan fingerprint density at radius 1 is 1.16 bits per heavy atom. The highest BCUT2D eigenvalue weighted by molar-refractivity contribution is 9.10. The molecule has 0 aliphatic heterocycles. The molecule has 1 atom stereocenters. The molecule has 0 saturated carbocycles. The Hall–Kier alpha value is -1.69. The largest absolute Gasteiger partial charge is 0.333 e. The molecule has 134 valence electrons. The summed E-state index contributed by atoms with van der Waals surface area (Å²) in [5.41, 5.74) is 6.93. The van der Waals surface area contributed by atoms with Crippen LogP contribution in [0.5, 0.6) is 0 Å². The maximum atomic E-state index is 12.3. The Bertz CT molecular complexity index is 880. The molecule has 1 aromatic heterocycles. The van der Waals surface area contributed by atoms with E-state index in [1.54, 1.807) is 4.57 Å². The third kappa shape index (κ3) is 5.14. The SMILES string of the molecule is CC.CC(c1cccc(Cl)c1)n1c(=O)cnc2ccc(Br)cc21.CN. The van der Waals surface area contributed by atoms with Gasteiger partial charge in [0.1, 0.15) is 0 Å². The minimum Gasteiger partial charge on any atom is -0.333 e. The van der Waals surface area contributed by atoms with Crippen LogP contribution in [-0.2, 0) is 0 Å². The average molecular weight is 425 g/mol. The second-order valence-corrected chi connectivity index (χ2v) is 6.18. The van der Waals surface area contributed by atoms with Crippen molar-refractivity contribution in [3.05, 3.63) is 74.1 Å². The first-order valence-electron chi connectivity index (χ1n) is 8.06. The lowest BCUT2D eigenvalue weighted by atomic mass is 10.1. The molecule has 4 nitrogen and oxygen atoms in total. The van der Waals surface area contributed by atoms with Crippen LogP contribution in [0.2, 0.25) is 5.02 Å². The van der Waals surface area contributed by atoms with E-state index in [1.807, 2.05) is 63.2 Å². The van der Waals surface area contributed by atoms with E-state index >= 15 is 0 Å². The molecule has 0 saturated heterocycles. The van der Waals surface area contributed by atoms with Crippen LogP contribution in [0.1, 0.15) is 32.4 Å². The van der Waals surface area contributed by atoms with E-state index in [0.717, 1.165) is 21.1 Å². The van der Waals surface area contributed by atoms with E-state index in [4.69, 9.17) is 11.6 Å². The molecule has 1 unspecified atom stereocenters. The average Bonchev–Trinajstić information content (AvgIpc) is 2.64. The molecule has 25 heavy (non-hydrogen) atoms. The van der Waals surface area contributed by atoms with E-state index in [1.165, 1.54) is 13.2 Å². The maximum absolute atomic E-state index is 12.3. The van der Waals surface area contributed by atoms with Crippen LogP contribution in [0.15, 0.2) is 57.9 Å². The monoisotopic (exact) mass is 423 g/mol. The first-order chi connectivity index (χ1) is 12.1. The molecule has 0 spiro atoms.